The second-order valence-electron chi connectivity index (χ2n) is 8.46. The van der Waals surface area contributed by atoms with Crippen LogP contribution >= 0.6 is 0 Å². The second kappa shape index (κ2) is 8.61. The fraction of sp³-hybridized carbons (Fsp3) is 0.522. The molecule has 0 radical (unpaired) electrons. The second-order valence-corrected chi connectivity index (χ2v) is 8.46. The molecule has 0 N–H and O–H groups in total. The van der Waals surface area contributed by atoms with Gasteiger partial charge in [-0.3, -0.25) is 4.79 Å². The predicted octanol–water partition coefficient (Wildman–Crippen LogP) is 2.26. The van der Waals surface area contributed by atoms with Gasteiger partial charge in [0.25, 0.3) is 5.91 Å². The van der Waals surface area contributed by atoms with Gasteiger partial charge in [0.05, 0.1) is 0 Å². The topological polar surface area (TPSA) is 83.3 Å². The van der Waals surface area contributed by atoms with Crippen LogP contribution < -0.4 is 10.4 Å². The molecule has 1 fully saturated rings. The highest BCUT2D eigenvalue weighted by Crippen LogP contribution is 2.29. The monoisotopic (exact) mass is 427 g/mol. The van der Waals surface area contributed by atoms with E-state index in [1.807, 2.05) is 12.1 Å². The van der Waals surface area contributed by atoms with Gasteiger partial charge in [-0.15, -0.1) is 0 Å². The van der Waals surface area contributed by atoms with Crippen LogP contribution in [0, 0.1) is 0 Å². The lowest BCUT2D eigenvalue weighted by molar-refractivity contribution is -0.139. The number of fused-ring (bicyclic) bond motifs is 3. The van der Waals surface area contributed by atoms with Gasteiger partial charge in [-0.1, -0.05) is 0 Å². The number of carbonyl (C=O) groups excluding carboxylic acids is 2. The summed E-state index contributed by atoms with van der Waals surface area (Å²) in [4.78, 5) is 42.2. The standard InChI is InChI=1S/C23H29N3O5/c1-15(21(27)25-10-12-26(13-11-25)23(29)24(2)3)30-16-8-9-18-17-6-4-5-7-19(17)22(28)31-20(18)14-16/h8-9,14-15H,4-7,10-13H2,1-3H3. The molecule has 31 heavy (non-hydrogen) atoms. The molecule has 1 aromatic carbocycles. The van der Waals surface area contributed by atoms with Crippen molar-refractivity contribution < 1.29 is 18.7 Å². The third-order valence-electron chi connectivity index (χ3n) is 6.10. The van der Waals surface area contributed by atoms with Gasteiger partial charge in [-0.05, 0) is 50.3 Å². The number of amides is 3. The zero-order chi connectivity index (χ0) is 22.1. The van der Waals surface area contributed by atoms with Crippen LogP contribution in [0.2, 0.25) is 0 Å². The average molecular weight is 428 g/mol. The summed E-state index contributed by atoms with van der Waals surface area (Å²) in [7, 11) is 3.44. The number of ether oxygens (including phenoxy) is 1. The Bertz CT molecular complexity index is 1050. The Hall–Kier alpha value is -3.03. The molecule has 8 nitrogen and oxygen atoms in total. The van der Waals surface area contributed by atoms with E-state index in [9.17, 15) is 14.4 Å². The summed E-state index contributed by atoms with van der Waals surface area (Å²) >= 11 is 0. The van der Waals surface area contributed by atoms with Gasteiger partial charge in [0.1, 0.15) is 11.3 Å². The summed E-state index contributed by atoms with van der Waals surface area (Å²) in [5.74, 6) is 0.373. The number of rotatable bonds is 3. The smallest absolute Gasteiger partial charge is 0.339 e. The van der Waals surface area contributed by atoms with Crippen LogP contribution in [0.3, 0.4) is 0 Å². The zero-order valence-corrected chi connectivity index (χ0v) is 18.3. The highest BCUT2D eigenvalue weighted by atomic mass is 16.5. The molecule has 166 valence electrons. The Balaban J connectivity index is 1.44. The van der Waals surface area contributed by atoms with Crippen molar-refractivity contribution in [1.29, 1.82) is 0 Å². The SMILES string of the molecule is CC(Oc1ccc2c3c(c(=O)oc2c1)CCCC3)C(=O)N1CCN(C(=O)N(C)C)CC1. The van der Waals surface area contributed by atoms with E-state index in [2.05, 4.69) is 0 Å². The first-order valence-corrected chi connectivity index (χ1v) is 10.9. The molecule has 3 amide bonds. The minimum absolute atomic E-state index is 0.0451. The van der Waals surface area contributed by atoms with Crippen molar-refractivity contribution >= 4 is 22.9 Å². The number of hydrogen-bond acceptors (Lipinski definition) is 5. The average Bonchev–Trinajstić information content (AvgIpc) is 2.78. The van der Waals surface area contributed by atoms with Crippen molar-refractivity contribution in [2.24, 2.45) is 0 Å². The lowest BCUT2D eigenvalue weighted by atomic mass is 9.91. The molecule has 2 aliphatic rings. The highest BCUT2D eigenvalue weighted by molar-refractivity contribution is 5.84. The van der Waals surface area contributed by atoms with Gasteiger partial charge in [0, 0.05) is 57.3 Å². The fourth-order valence-electron chi connectivity index (χ4n) is 4.41. The molecule has 0 bridgehead atoms. The van der Waals surface area contributed by atoms with Crippen LogP contribution in [0.25, 0.3) is 11.0 Å². The molecule has 0 saturated carbocycles. The lowest BCUT2D eigenvalue weighted by Crippen LogP contribution is -2.54. The lowest BCUT2D eigenvalue weighted by Gasteiger charge is -2.36. The summed E-state index contributed by atoms with van der Waals surface area (Å²) in [6.07, 6.45) is 3.06. The first-order valence-electron chi connectivity index (χ1n) is 10.9. The predicted molar refractivity (Wildman–Crippen MR) is 116 cm³/mol. The molecule has 1 aliphatic heterocycles. The summed E-state index contributed by atoms with van der Waals surface area (Å²) in [5.41, 5.74) is 2.11. The third kappa shape index (κ3) is 4.24. The van der Waals surface area contributed by atoms with Gasteiger partial charge in [0.2, 0.25) is 0 Å². The normalized spacial score (nSPS) is 17.3. The van der Waals surface area contributed by atoms with Gasteiger partial charge in [0.15, 0.2) is 6.10 Å². The fourth-order valence-corrected chi connectivity index (χ4v) is 4.41. The van der Waals surface area contributed by atoms with Gasteiger partial charge >= 0.3 is 11.7 Å². The molecule has 1 unspecified atom stereocenters. The summed E-state index contributed by atoms with van der Waals surface area (Å²) in [6.45, 7) is 3.67. The number of aryl methyl sites for hydroxylation is 1. The highest BCUT2D eigenvalue weighted by Gasteiger charge is 2.28. The van der Waals surface area contributed by atoms with Crippen LogP contribution in [0.5, 0.6) is 5.75 Å². The van der Waals surface area contributed by atoms with E-state index in [0.29, 0.717) is 37.5 Å². The molecule has 1 aromatic heterocycles. The van der Waals surface area contributed by atoms with Crippen LogP contribution in [0.4, 0.5) is 4.79 Å². The van der Waals surface area contributed by atoms with Crippen LogP contribution in [-0.2, 0) is 17.6 Å². The van der Waals surface area contributed by atoms with Crippen LogP contribution in [0.1, 0.15) is 30.9 Å². The first kappa shape index (κ1) is 21.2. The molecule has 1 aliphatic carbocycles. The number of carbonyl (C=O) groups is 2. The Morgan fingerprint density at radius 3 is 2.35 bits per heavy atom. The summed E-state index contributed by atoms with van der Waals surface area (Å²) in [5, 5.41) is 0.947. The Morgan fingerprint density at radius 2 is 1.68 bits per heavy atom. The number of nitrogens with zero attached hydrogens (tertiary/aromatic N) is 3. The molecule has 2 heterocycles. The third-order valence-corrected chi connectivity index (χ3v) is 6.10. The first-order chi connectivity index (χ1) is 14.8. The van der Waals surface area contributed by atoms with E-state index in [-0.39, 0.29) is 17.6 Å². The van der Waals surface area contributed by atoms with E-state index in [0.717, 1.165) is 42.2 Å². The Labute approximate surface area is 181 Å². The largest absolute Gasteiger partial charge is 0.481 e. The van der Waals surface area contributed by atoms with Gasteiger partial charge < -0.3 is 23.9 Å². The Kier molecular flexibility index (Phi) is 5.89. The molecule has 0 spiro atoms. The maximum absolute atomic E-state index is 12.8. The number of urea groups is 1. The summed E-state index contributed by atoms with van der Waals surface area (Å²) in [6, 6.07) is 5.40. The van der Waals surface area contributed by atoms with Crippen molar-refractivity contribution in [2.45, 2.75) is 38.7 Å². The molecule has 1 atom stereocenters. The van der Waals surface area contributed by atoms with Crippen molar-refractivity contribution in [1.82, 2.24) is 14.7 Å². The minimum atomic E-state index is -0.683. The van der Waals surface area contributed by atoms with Crippen LogP contribution in [0.15, 0.2) is 27.4 Å². The maximum Gasteiger partial charge on any atom is 0.339 e. The molecule has 1 saturated heterocycles. The maximum atomic E-state index is 12.8. The van der Waals surface area contributed by atoms with Crippen molar-refractivity contribution in [2.75, 3.05) is 40.3 Å². The Morgan fingerprint density at radius 1 is 1.03 bits per heavy atom. The summed E-state index contributed by atoms with van der Waals surface area (Å²) < 4.78 is 11.4. The van der Waals surface area contributed by atoms with E-state index >= 15 is 0 Å². The van der Waals surface area contributed by atoms with E-state index in [1.54, 1.807) is 41.8 Å². The quantitative estimate of drug-likeness (QED) is 0.702. The van der Waals surface area contributed by atoms with E-state index < -0.39 is 6.10 Å². The van der Waals surface area contributed by atoms with Crippen molar-refractivity contribution in [3.05, 3.63) is 39.7 Å². The minimum Gasteiger partial charge on any atom is -0.481 e. The molecular weight excluding hydrogens is 398 g/mol. The zero-order valence-electron chi connectivity index (χ0n) is 18.3. The van der Waals surface area contributed by atoms with Crippen LogP contribution in [-0.4, -0.2) is 73.0 Å². The molecular formula is C23H29N3O5. The number of hydrogen-bond donors (Lipinski definition) is 0. The molecule has 8 heteroatoms. The molecule has 2 aromatic rings. The molecule has 4 rings (SSSR count). The number of benzene rings is 1. The van der Waals surface area contributed by atoms with E-state index in [1.165, 1.54) is 0 Å². The number of piperazine rings is 1. The van der Waals surface area contributed by atoms with Gasteiger partial charge in [-0.2, -0.15) is 0 Å². The van der Waals surface area contributed by atoms with Crippen molar-refractivity contribution in [3.8, 4) is 5.75 Å². The van der Waals surface area contributed by atoms with Crippen molar-refractivity contribution in [3.63, 3.8) is 0 Å². The van der Waals surface area contributed by atoms with E-state index in [4.69, 9.17) is 9.15 Å². The van der Waals surface area contributed by atoms with Gasteiger partial charge in [-0.25, -0.2) is 9.59 Å².